The summed E-state index contributed by atoms with van der Waals surface area (Å²) in [5.41, 5.74) is -0.153. The second kappa shape index (κ2) is 7.56. The number of hydrogen-bond donors (Lipinski definition) is 2. The summed E-state index contributed by atoms with van der Waals surface area (Å²) in [5, 5.41) is 8.11. The molecule has 31 heavy (non-hydrogen) atoms. The van der Waals surface area contributed by atoms with E-state index in [-0.39, 0.29) is 23.2 Å². The summed E-state index contributed by atoms with van der Waals surface area (Å²) in [6, 6.07) is 3.34. The zero-order chi connectivity index (χ0) is 22.3. The Hall–Kier alpha value is -3.64. The molecular weight excluding hydrogens is 419 g/mol. The van der Waals surface area contributed by atoms with Crippen LogP contribution in [0.3, 0.4) is 0 Å². The summed E-state index contributed by atoms with van der Waals surface area (Å²) < 4.78 is 38.3. The molecular formula is C18H18F3N7O3. The van der Waals surface area contributed by atoms with Crippen molar-refractivity contribution < 1.29 is 22.8 Å². The van der Waals surface area contributed by atoms with E-state index in [2.05, 4.69) is 15.4 Å². The standard InChI is InChI=1S/C18H18F3N7O3/c1-26-16(30)12(4-6-23-26)25-17(31)28-10-5-7-27(8-10)13-3-2-11(24-14(13)28)15(29)22-9-18(19,20)21/h2-4,6,10H,5,7-9H2,1H3,(H,22,29)(H,25,31)/t10-/m0/s1. The molecule has 0 aromatic carbocycles. The highest BCUT2D eigenvalue weighted by atomic mass is 19.4. The second-order valence-electron chi connectivity index (χ2n) is 7.20. The van der Waals surface area contributed by atoms with E-state index in [4.69, 9.17) is 0 Å². The van der Waals surface area contributed by atoms with E-state index in [0.717, 1.165) is 4.68 Å². The van der Waals surface area contributed by atoms with E-state index < -0.39 is 30.2 Å². The van der Waals surface area contributed by atoms with Gasteiger partial charge in [-0.15, -0.1) is 0 Å². The molecule has 0 saturated carbocycles. The van der Waals surface area contributed by atoms with Crippen molar-refractivity contribution in [1.82, 2.24) is 20.1 Å². The lowest BCUT2D eigenvalue weighted by Crippen LogP contribution is -2.49. The summed E-state index contributed by atoms with van der Waals surface area (Å²) in [4.78, 5) is 44.9. The van der Waals surface area contributed by atoms with Gasteiger partial charge in [0.05, 0.1) is 11.7 Å². The van der Waals surface area contributed by atoms with E-state index in [0.29, 0.717) is 25.2 Å². The normalized spacial score (nSPS) is 17.4. The Morgan fingerprint density at radius 2 is 2.03 bits per heavy atom. The summed E-state index contributed by atoms with van der Waals surface area (Å²) in [7, 11) is 1.44. The molecule has 2 bridgehead atoms. The van der Waals surface area contributed by atoms with Gasteiger partial charge in [0.15, 0.2) is 5.82 Å². The summed E-state index contributed by atoms with van der Waals surface area (Å²) >= 11 is 0. The van der Waals surface area contributed by atoms with Crippen molar-refractivity contribution >= 4 is 29.1 Å². The Bertz CT molecular complexity index is 1100. The van der Waals surface area contributed by atoms with Crippen LogP contribution in [0.5, 0.6) is 0 Å². The van der Waals surface area contributed by atoms with Crippen molar-refractivity contribution in [2.45, 2.75) is 18.6 Å². The van der Waals surface area contributed by atoms with Crippen LogP contribution in [0.2, 0.25) is 0 Å². The molecule has 0 spiro atoms. The van der Waals surface area contributed by atoms with Crippen molar-refractivity contribution in [3.05, 3.63) is 40.4 Å². The highest BCUT2D eigenvalue weighted by molar-refractivity contribution is 6.05. The minimum atomic E-state index is -4.56. The van der Waals surface area contributed by atoms with Crippen LogP contribution in [0.25, 0.3) is 0 Å². The van der Waals surface area contributed by atoms with Gasteiger partial charge < -0.3 is 15.5 Å². The van der Waals surface area contributed by atoms with E-state index >= 15 is 0 Å². The summed E-state index contributed by atoms with van der Waals surface area (Å²) in [6.07, 6.45) is -2.56. The van der Waals surface area contributed by atoms with Crippen molar-refractivity contribution in [1.29, 1.82) is 0 Å². The van der Waals surface area contributed by atoms with Crippen LogP contribution in [0.4, 0.5) is 35.2 Å². The predicted molar refractivity (Wildman–Crippen MR) is 104 cm³/mol. The number of urea groups is 1. The van der Waals surface area contributed by atoms with Gasteiger partial charge in [-0.25, -0.2) is 14.5 Å². The molecule has 2 aromatic heterocycles. The molecule has 1 fully saturated rings. The van der Waals surface area contributed by atoms with Gasteiger partial charge in [0.25, 0.3) is 11.5 Å². The maximum absolute atomic E-state index is 13.1. The smallest absolute Gasteiger partial charge is 0.366 e. The minimum absolute atomic E-state index is 0.0172. The molecule has 4 heterocycles. The Kier molecular flexibility index (Phi) is 5.03. The van der Waals surface area contributed by atoms with E-state index in [1.54, 1.807) is 11.4 Å². The summed E-state index contributed by atoms with van der Waals surface area (Å²) in [5.74, 6) is -0.854. The monoisotopic (exact) mass is 437 g/mol. The molecule has 1 saturated heterocycles. The summed E-state index contributed by atoms with van der Waals surface area (Å²) in [6.45, 7) is -0.301. The van der Waals surface area contributed by atoms with Gasteiger partial charge in [0.2, 0.25) is 0 Å². The number of rotatable bonds is 3. The Morgan fingerprint density at radius 1 is 1.26 bits per heavy atom. The average Bonchev–Trinajstić information content (AvgIpc) is 3.13. The number of anilines is 3. The molecule has 2 N–H and O–H groups in total. The predicted octanol–water partition coefficient (Wildman–Crippen LogP) is 1.10. The fourth-order valence-electron chi connectivity index (χ4n) is 3.65. The third-order valence-corrected chi connectivity index (χ3v) is 5.10. The maximum atomic E-state index is 13.1. The number of halogens is 3. The van der Waals surface area contributed by atoms with E-state index in [1.807, 2.05) is 4.90 Å². The second-order valence-corrected chi connectivity index (χ2v) is 7.20. The number of alkyl halides is 3. The average molecular weight is 437 g/mol. The van der Waals surface area contributed by atoms with Gasteiger partial charge in [0.1, 0.15) is 17.9 Å². The van der Waals surface area contributed by atoms with E-state index in [9.17, 15) is 27.6 Å². The van der Waals surface area contributed by atoms with Crippen LogP contribution in [-0.4, -0.2) is 58.6 Å². The number of amides is 3. The van der Waals surface area contributed by atoms with Crippen molar-refractivity contribution in [3.8, 4) is 0 Å². The minimum Gasteiger partial charge on any atom is -0.366 e. The molecule has 164 valence electrons. The highest BCUT2D eigenvalue weighted by Crippen LogP contribution is 2.39. The van der Waals surface area contributed by atoms with Gasteiger partial charge in [0, 0.05) is 26.3 Å². The largest absolute Gasteiger partial charge is 0.405 e. The van der Waals surface area contributed by atoms with Gasteiger partial charge in [-0.05, 0) is 24.6 Å². The molecule has 3 amide bonds. The lowest BCUT2D eigenvalue weighted by molar-refractivity contribution is -0.123. The van der Waals surface area contributed by atoms with Crippen molar-refractivity contribution in [2.75, 3.05) is 34.8 Å². The molecule has 2 aliphatic rings. The zero-order valence-electron chi connectivity index (χ0n) is 16.3. The number of carbonyl (C=O) groups is 2. The number of pyridine rings is 1. The number of carbonyl (C=O) groups excluding carboxylic acids is 2. The van der Waals surface area contributed by atoms with Crippen LogP contribution < -0.4 is 26.0 Å². The quantitative estimate of drug-likeness (QED) is 0.744. The zero-order valence-corrected chi connectivity index (χ0v) is 16.3. The Labute approximate surface area is 173 Å². The SMILES string of the molecule is Cn1nccc(NC(=O)N2c3nc(C(=O)NCC(F)(F)F)ccc3N3CC[C@H]2C3)c1=O. The Balaban J connectivity index is 1.64. The molecule has 0 radical (unpaired) electrons. The molecule has 1 atom stereocenters. The first-order valence-electron chi connectivity index (χ1n) is 9.37. The molecule has 2 aromatic rings. The molecule has 13 heteroatoms. The van der Waals surface area contributed by atoms with Crippen LogP contribution >= 0.6 is 0 Å². The van der Waals surface area contributed by atoms with E-state index in [1.165, 1.54) is 30.3 Å². The number of hydrogen-bond acceptors (Lipinski definition) is 6. The number of aryl methyl sites for hydroxylation is 1. The molecule has 0 aliphatic carbocycles. The van der Waals surface area contributed by atoms with Crippen molar-refractivity contribution in [2.24, 2.45) is 7.05 Å². The third-order valence-electron chi connectivity index (χ3n) is 5.10. The maximum Gasteiger partial charge on any atom is 0.405 e. The molecule has 10 nitrogen and oxygen atoms in total. The van der Waals surface area contributed by atoms with Gasteiger partial charge in [-0.1, -0.05) is 0 Å². The molecule has 2 aliphatic heterocycles. The van der Waals surface area contributed by atoms with Crippen LogP contribution in [-0.2, 0) is 7.05 Å². The first-order chi connectivity index (χ1) is 14.6. The number of nitrogens with one attached hydrogen (secondary N) is 2. The Morgan fingerprint density at radius 3 is 2.77 bits per heavy atom. The lowest BCUT2D eigenvalue weighted by atomic mass is 10.1. The highest BCUT2D eigenvalue weighted by Gasteiger charge is 2.41. The van der Waals surface area contributed by atoms with Crippen LogP contribution in [0.15, 0.2) is 29.2 Å². The fourth-order valence-corrected chi connectivity index (χ4v) is 3.65. The van der Waals surface area contributed by atoms with Crippen molar-refractivity contribution in [3.63, 3.8) is 0 Å². The van der Waals surface area contributed by atoms with Gasteiger partial charge in [-0.3, -0.25) is 14.5 Å². The lowest BCUT2D eigenvalue weighted by Gasteiger charge is -2.35. The van der Waals surface area contributed by atoms with Gasteiger partial charge >= 0.3 is 12.2 Å². The fraction of sp³-hybridized carbons (Fsp3) is 0.389. The third kappa shape index (κ3) is 4.02. The van der Waals surface area contributed by atoms with Gasteiger partial charge in [-0.2, -0.15) is 18.3 Å². The van der Waals surface area contributed by atoms with Crippen LogP contribution in [0.1, 0.15) is 16.9 Å². The molecule has 4 rings (SSSR count). The number of aromatic nitrogens is 3. The number of fused-ring (bicyclic) bond motifs is 4. The molecule has 0 unspecified atom stereocenters. The van der Waals surface area contributed by atoms with Crippen LogP contribution in [0, 0.1) is 0 Å². The topological polar surface area (TPSA) is 112 Å². The first kappa shape index (κ1) is 20.6. The number of nitrogens with zero attached hydrogens (tertiary/aromatic N) is 5. The first-order valence-corrected chi connectivity index (χ1v) is 9.37.